The first-order chi connectivity index (χ1) is 8.13. The van der Waals surface area contributed by atoms with Crippen molar-refractivity contribution in [3.8, 4) is 0 Å². The normalized spacial score (nSPS) is 10.6. The van der Waals surface area contributed by atoms with Gasteiger partial charge in [-0.1, -0.05) is 11.6 Å². The largest absolute Gasteiger partial charge is 0.396 e. The van der Waals surface area contributed by atoms with Crippen LogP contribution in [0.4, 0.5) is 0 Å². The van der Waals surface area contributed by atoms with Crippen LogP contribution in [0.5, 0.6) is 0 Å². The molecule has 0 aromatic carbocycles. The Bertz CT molecular complexity index is 377. The van der Waals surface area contributed by atoms with Crippen LogP contribution in [0.2, 0.25) is 5.02 Å². The minimum atomic E-state index is -0.0327. The van der Waals surface area contributed by atoms with Gasteiger partial charge in [0.1, 0.15) is 5.69 Å². The maximum Gasteiger partial charge on any atom is 0.270 e. The highest BCUT2D eigenvalue weighted by atomic mass is 35.5. The number of carbonyl (C=O) groups excluding carboxylic acids is 1. The van der Waals surface area contributed by atoms with Crippen molar-refractivity contribution in [3.05, 3.63) is 23.0 Å². The molecule has 1 amide bonds. The first-order valence-electron chi connectivity index (χ1n) is 5.89. The summed E-state index contributed by atoms with van der Waals surface area (Å²) in [6.45, 7) is 5.90. The lowest BCUT2D eigenvalue weighted by atomic mass is 10.3. The molecule has 0 radical (unpaired) electrons. The van der Waals surface area contributed by atoms with Crippen molar-refractivity contribution in [2.24, 2.45) is 0 Å². The average Bonchev–Trinajstić information content (AvgIpc) is 2.71. The van der Waals surface area contributed by atoms with Gasteiger partial charge in [-0.2, -0.15) is 0 Å². The fourth-order valence-electron chi connectivity index (χ4n) is 1.74. The maximum atomic E-state index is 12.2. The number of aliphatic hydroxyl groups is 1. The number of aryl methyl sites for hydroxylation is 1. The Balaban J connectivity index is 2.85. The topological polar surface area (TPSA) is 45.5 Å². The van der Waals surface area contributed by atoms with Gasteiger partial charge in [-0.15, -0.1) is 0 Å². The Morgan fingerprint density at radius 3 is 2.76 bits per heavy atom. The minimum Gasteiger partial charge on any atom is -0.396 e. The third kappa shape index (κ3) is 3.48. The number of nitrogens with zero attached hydrogens (tertiary/aromatic N) is 2. The molecule has 0 spiro atoms. The molecule has 5 heteroatoms. The molecule has 0 aliphatic carbocycles. The standard InChI is InChI=1S/C12H19ClN2O2/c1-3-14(6-5-7-16)12(17)11-8-10(13)9-15(11)4-2/h8-9,16H,3-7H2,1-2H3. The van der Waals surface area contributed by atoms with Gasteiger partial charge in [-0.05, 0) is 26.3 Å². The zero-order valence-electron chi connectivity index (χ0n) is 10.3. The fourth-order valence-corrected chi connectivity index (χ4v) is 1.96. The van der Waals surface area contributed by atoms with Crippen molar-refractivity contribution in [3.63, 3.8) is 0 Å². The van der Waals surface area contributed by atoms with E-state index in [0.29, 0.717) is 36.8 Å². The van der Waals surface area contributed by atoms with E-state index in [1.807, 2.05) is 18.4 Å². The van der Waals surface area contributed by atoms with Gasteiger partial charge in [-0.25, -0.2) is 0 Å². The highest BCUT2D eigenvalue weighted by Gasteiger charge is 2.18. The second-order valence-corrected chi connectivity index (χ2v) is 4.23. The van der Waals surface area contributed by atoms with Crippen molar-refractivity contribution in [2.45, 2.75) is 26.8 Å². The van der Waals surface area contributed by atoms with Crippen LogP contribution in [0.3, 0.4) is 0 Å². The van der Waals surface area contributed by atoms with Gasteiger partial charge in [0.25, 0.3) is 5.91 Å². The number of aromatic nitrogens is 1. The molecule has 17 heavy (non-hydrogen) atoms. The van der Waals surface area contributed by atoms with E-state index in [2.05, 4.69) is 0 Å². The number of amides is 1. The van der Waals surface area contributed by atoms with Crippen molar-refractivity contribution >= 4 is 17.5 Å². The molecule has 0 fully saturated rings. The van der Waals surface area contributed by atoms with Gasteiger partial charge in [0, 0.05) is 32.4 Å². The molecule has 0 aliphatic rings. The van der Waals surface area contributed by atoms with Gasteiger partial charge in [0.05, 0.1) is 5.02 Å². The van der Waals surface area contributed by atoms with Crippen LogP contribution < -0.4 is 0 Å². The highest BCUT2D eigenvalue weighted by molar-refractivity contribution is 6.31. The Labute approximate surface area is 107 Å². The lowest BCUT2D eigenvalue weighted by Gasteiger charge is -2.21. The summed E-state index contributed by atoms with van der Waals surface area (Å²) in [7, 11) is 0. The van der Waals surface area contributed by atoms with E-state index in [4.69, 9.17) is 16.7 Å². The maximum absolute atomic E-state index is 12.2. The van der Waals surface area contributed by atoms with E-state index in [1.165, 1.54) is 0 Å². The van der Waals surface area contributed by atoms with Crippen LogP contribution >= 0.6 is 11.6 Å². The zero-order chi connectivity index (χ0) is 12.8. The molecule has 1 aromatic rings. The van der Waals surface area contributed by atoms with Crippen LogP contribution in [-0.4, -0.2) is 40.2 Å². The van der Waals surface area contributed by atoms with Gasteiger partial charge >= 0.3 is 0 Å². The summed E-state index contributed by atoms with van der Waals surface area (Å²) in [5, 5.41) is 9.38. The Morgan fingerprint density at radius 1 is 1.53 bits per heavy atom. The van der Waals surface area contributed by atoms with Crippen molar-refractivity contribution in [1.82, 2.24) is 9.47 Å². The Kier molecular flexibility index (Phi) is 5.51. The van der Waals surface area contributed by atoms with Crippen molar-refractivity contribution in [1.29, 1.82) is 0 Å². The second-order valence-electron chi connectivity index (χ2n) is 3.79. The summed E-state index contributed by atoms with van der Waals surface area (Å²) in [5.41, 5.74) is 0.609. The van der Waals surface area contributed by atoms with Gasteiger partial charge in [0.2, 0.25) is 0 Å². The van der Waals surface area contributed by atoms with E-state index in [-0.39, 0.29) is 12.5 Å². The van der Waals surface area contributed by atoms with Gasteiger partial charge in [0.15, 0.2) is 0 Å². The molecule has 0 saturated heterocycles. The quantitative estimate of drug-likeness (QED) is 0.848. The molecule has 1 N–H and O–H groups in total. The van der Waals surface area contributed by atoms with Gasteiger partial charge in [-0.3, -0.25) is 4.79 Å². The molecule has 0 saturated carbocycles. The highest BCUT2D eigenvalue weighted by Crippen LogP contribution is 2.16. The van der Waals surface area contributed by atoms with Crippen LogP contribution in [0.15, 0.2) is 12.3 Å². The van der Waals surface area contributed by atoms with E-state index in [1.54, 1.807) is 17.2 Å². The average molecular weight is 259 g/mol. The fraction of sp³-hybridized carbons (Fsp3) is 0.583. The van der Waals surface area contributed by atoms with E-state index in [0.717, 1.165) is 0 Å². The summed E-state index contributed by atoms with van der Waals surface area (Å²) in [6, 6.07) is 1.69. The van der Waals surface area contributed by atoms with Crippen LogP contribution in [0.25, 0.3) is 0 Å². The summed E-state index contributed by atoms with van der Waals surface area (Å²) in [5.74, 6) is -0.0327. The zero-order valence-corrected chi connectivity index (χ0v) is 11.1. The minimum absolute atomic E-state index is 0.0327. The van der Waals surface area contributed by atoms with Crippen LogP contribution in [0.1, 0.15) is 30.8 Å². The number of hydrogen-bond donors (Lipinski definition) is 1. The predicted molar refractivity (Wildman–Crippen MR) is 68.4 cm³/mol. The lowest BCUT2D eigenvalue weighted by Crippen LogP contribution is -2.33. The predicted octanol–water partition coefficient (Wildman–Crippen LogP) is 2.01. The third-order valence-electron chi connectivity index (χ3n) is 2.68. The summed E-state index contributed by atoms with van der Waals surface area (Å²) >= 11 is 5.91. The molecule has 1 heterocycles. The third-order valence-corrected chi connectivity index (χ3v) is 2.88. The molecule has 0 bridgehead atoms. The molecular formula is C12H19ClN2O2. The molecule has 0 atom stereocenters. The van der Waals surface area contributed by atoms with Crippen LogP contribution in [0, 0.1) is 0 Å². The monoisotopic (exact) mass is 258 g/mol. The lowest BCUT2D eigenvalue weighted by molar-refractivity contribution is 0.0743. The number of rotatable bonds is 6. The summed E-state index contributed by atoms with van der Waals surface area (Å²) in [4.78, 5) is 14.0. The number of aliphatic hydroxyl groups excluding tert-OH is 1. The molecule has 1 rings (SSSR count). The van der Waals surface area contributed by atoms with E-state index < -0.39 is 0 Å². The van der Waals surface area contributed by atoms with Crippen molar-refractivity contribution < 1.29 is 9.90 Å². The van der Waals surface area contributed by atoms with Gasteiger partial charge < -0.3 is 14.6 Å². The number of carbonyl (C=O) groups is 1. The Morgan fingerprint density at radius 2 is 2.24 bits per heavy atom. The molecule has 0 unspecified atom stereocenters. The SMILES string of the molecule is CCN(CCCO)C(=O)c1cc(Cl)cn1CC. The first kappa shape index (κ1) is 14.1. The van der Waals surface area contributed by atoms with Crippen molar-refractivity contribution in [2.75, 3.05) is 19.7 Å². The van der Waals surface area contributed by atoms with E-state index in [9.17, 15) is 4.79 Å². The molecule has 1 aromatic heterocycles. The molecule has 4 nitrogen and oxygen atoms in total. The molecule has 0 aliphatic heterocycles. The molecule has 96 valence electrons. The number of halogens is 1. The van der Waals surface area contributed by atoms with Crippen LogP contribution in [-0.2, 0) is 6.54 Å². The smallest absolute Gasteiger partial charge is 0.270 e. The first-order valence-corrected chi connectivity index (χ1v) is 6.27. The summed E-state index contributed by atoms with van der Waals surface area (Å²) in [6.07, 6.45) is 2.36. The summed E-state index contributed by atoms with van der Waals surface area (Å²) < 4.78 is 1.84. The number of hydrogen-bond acceptors (Lipinski definition) is 2. The van der Waals surface area contributed by atoms with E-state index >= 15 is 0 Å². The second kappa shape index (κ2) is 6.67. The Hall–Kier alpha value is -1.00. The molecular weight excluding hydrogens is 240 g/mol.